The predicted octanol–water partition coefficient (Wildman–Crippen LogP) is 3.65. The summed E-state index contributed by atoms with van der Waals surface area (Å²) in [7, 11) is 1.69. The van der Waals surface area contributed by atoms with Gasteiger partial charge in [-0.3, -0.25) is 0 Å². The number of ether oxygens (including phenoxy) is 1. The van der Waals surface area contributed by atoms with Crippen LogP contribution in [-0.4, -0.2) is 24.7 Å². The van der Waals surface area contributed by atoms with Crippen molar-refractivity contribution in [1.29, 1.82) is 0 Å². The van der Waals surface area contributed by atoms with Crippen LogP contribution in [-0.2, 0) is 4.74 Å². The maximum Gasteiger partial charge on any atom is 0.350 e. The fourth-order valence-corrected chi connectivity index (χ4v) is 2.90. The van der Waals surface area contributed by atoms with Crippen LogP contribution in [0.3, 0.4) is 0 Å². The van der Waals surface area contributed by atoms with Gasteiger partial charge in [-0.1, -0.05) is 12.1 Å². The van der Waals surface area contributed by atoms with Gasteiger partial charge in [-0.25, -0.2) is 9.18 Å². The van der Waals surface area contributed by atoms with E-state index in [0.29, 0.717) is 22.3 Å². The number of rotatable bonds is 4. The second kappa shape index (κ2) is 7.33. The first-order valence-electron chi connectivity index (χ1n) is 6.60. The SMILES string of the molecule is CCOC(=O)c1sc(-c2ccc(F)cc2)cc1NC(=S)NC. The second-order valence-electron chi connectivity index (χ2n) is 4.28. The number of halogens is 1. The van der Waals surface area contributed by atoms with Crippen molar-refractivity contribution in [3.8, 4) is 10.4 Å². The third-order valence-corrected chi connectivity index (χ3v) is 4.27. The fraction of sp³-hybridized carbons (Fsp3) is 0.200. The van der Waals surface area contributed by atoms with Crippen LogP contribution >= 0.6 is 23.6 Å². The number of thiocarbonyl (C=S) groups is 1. The number of benzene rings is 1. The van der Waals surface area contributed by atoms with Crippen molar-refractivity contribution in [2.45, 2.75) is 6.92 Å². The quantitative estimate of drug-likeness (QED) is 0.658. The standard InChI is InChI=1S/C15H15FN2O2S2/c1-3-20-14(19)13-11(18-15(21)17-2)8-12(22-13)9-4-6-10(16)7-5-9/h4-8H,3H2,1-2H3,(H2,17,18,21). The summed E-state index contributed by atoms with van der Waals surface area (Å²) in [5, 5.41) is 6.15. The molecule has 0 unspecified atom stereocenters. The lowest BCUT2D eigenvalue weighted by Crippen LogP contribution is -2.24. The Bertz CT molecular complexity index is 683. The average molecular weight is 338 g/mol. The molecule has 2 rings (SSSR count). The van der Waals surface area contributed by atoms with E-state index in [4.69, 9.17) is 17.0 Å². The highest BCUT2D eigenvalue weighted by Gasteiger charge is 2.19. The van der Waals surface area contributed by atoms with Crippen LogP contribution in [0, 0.1) is 5.82 Å². The van der Waals surface area contributed by atoms with E-state index in [9.17, 15) is 9.18 Å². The van der Waals surface area contributed by atoms with E-state index < -0.39 is 5.97 Å². The van der Waals surface area contributed by atoms with Gasteiger partial charge < -0.3 is 15.4 Å². The number of esters is 1. The zero-order valence-corrected chi connectivity index (χ0v) is 13.7. The molecular weight excluding hydrogens is 323 g/mol. The van der Waals surface area contributed by atoms with Gasteiger partial charge in [-0.05, 0) is 42.9 Å². The fourth-order valence-electron chi connectivity index (χ4n) is 1.77. The molecular formula is C15H15FN2O2S2. The number of anilines is 1. The molecule has 1 aromatic carbocycles. The molecule has 1 heterocycles. The van der Waals surface area contributed by atoms with Crippen molar-refractivity contribution in [2.75, 3.05) is 19.0 Å². The van der Waals surface area contributed by atoms with E-state index >= 15 is 0 Å². The molecule has 0 fully saturated rings. The lowest BCUT2D eigenvalue weighted by atomic mass is 10.2. The largest absolute Gasteiger partial charge is 0.462 e. The lowest BCUT2D eigenvalue weighted by Gasteiger charge is -2.07. The van der Waals surface area contributed by atoms with Gasteiger partial charge in [0.1, 0.15) is 10.7 Å². The van der Waals surface area contributed by atoms with Crippen molar-refractivity contribution >= 4 is 40.3 Å². The maximum atomic E-state index is 13.0. The van der Waals surface area contributed by atoms with Crippen molar-refractivity contribution < 1.29 is 13.9 Å². The molecule has 0 amide bonds. The molecule has 0 radical (unpaired) electrons. The minimum atomic E-state index is -0.415. The van der Waals surface area contributed by atoms with Crippen LogP contribution in [0.5, 0.6) is 0 Å². The number of hydrogen-bond donors (Lipinski definition) is 2. The molecule has 2 aromatic rings. The predicted molar refractivity (Wildman–Crippen MR) is 90.9 cm³/mol. The second-order valence-corrected chi connectivity index (χ2v) is 5.75. The van der Waals surface area contributed by atoms with Crippen LogP contribution < -0.4 is 10.6 Å². The summed E-state index contributed by atoms with van der Waals surface area (Å²) in [4.78, 5) is 13.3. The summed E-state index contributed by atoms with van der Waals surface area (Å²) in [6.07, 6.45) is 0. The summed E-state index contributed by atoms with van der Waals surface area (Å²) in [5.74, 6) is -0.720. The number of carbonyl (C=O) groups is 1. The average Bonchev–Trinajstić information content (AvgIpc) is 2.92. The van der Waals surface area contributed by atoms with Gasteiger partial charge in [0, 0.05) is 11.9 Å². The van der Waals surface area contributed by atoms with Gasteiger partial charge in [0.25, 0.3) is 0 Å². The third kappa shape index (κ3) is 3.80. The highest BCUT2D eigenvalue weighted by atomic mass is 32.1. The van der Waals surface area contributed by atoms with Crippen molar-refractivity contribution in [2.24, 2.45) is 0 Å². The van der Waals surface area contributed by atoms with Crippen LogP contribution in [0.2, 0.25) is 0 Å². The highest BCUT2D eigenvalue weighted by molar-refractivity contribution is 7.80. The molecule has 0 saturated carbocycles. The molecule has 2 N–H and O–H groups in total. The number of carbonyl (C=O) groups excluding carboxylic acids is 1. The first-order chi connectivity index (χ1) is 10.5. The minimum Gasteiger partial charge on any atom is -0.462 e. The molecule has 22 heavy (non-hydrogen) atoms. The third-order valence-electron chi connectivity index (χ3n) is 2.80. The number of thiophene rings is 1. The Morgan fingerprint density at radius 1 is 1.36 bits per heavy atom. The van der Waals surface area contributed by atoms with E-state index in [2.05, 4.69) is 10.6 Å². The van der Waals surface area contributed by atoms with Gasteiger partial charge in [-0.2, -0.15) is 0 Å². The summed E-state index contributed by atoms with van der Waals surface area (Å²) < 4.78 is 18.1. The van der Waals surface area contributed by atoms with Crippen molar-refractivity contribution in [3.05, 3.63) is 41.0 Å². The summed E-state index contributed by atoms with van der Waals surface area (Å²) >= 11 is 6.34. The minimum absolute atomic E-state index is 0.290. The molecule has 0 aliphatic carbocycles. The van der Waals surface area contributed by atoms with Crippen LogP contribution in [0.25, 0.3) is 10.4 Å². The zero-order valence-electron chi connectivity index (χ0n) is 12.1. The van der Waals surface area contributed by atoms with E-state index in [-0.39, 0.29) is 5.82 Å². The van der Waals surface area contributed by atoms with Crippen LogP contribution in [0.1, 0.15) is 16.6 Å². The lowest BCUT2D eigenvalue weighted by molar-refractivity contribution is 0.0533. The molecule has 0 bridgehead atoms. The molecule has 7 heteroatoms. The Hall–Kier alpha value is -1.99. The van der Waals surface area contributed by atoms with E-state index in [1.165, 1.54) is 23.5 Å². The molecule has 0 aliphatic heterocycles. The number of nitrogens with one attached hydrogen (secondary N) is 2. The van der Waals surface area contributed by atoms with Crippen LogP contribution in [0.4, 0.5) is 10.1 Å². The van der Waals surface area contributed by atoms with Crippen molar-refractivity contribution in [3.63, 3.8) is 0 Å². The molecule has 0 atom stereocenters. The van der Waals surface area contributed by atoms with Gasteiger partial charge in [0.05, 0.1) is 12.3 Å². The van der Waals surface area contributed by atoms with E-state index in [1.807, 2.05) is 0 Å². The molecule has 0 aliphatic rings. The summed E-state index contributed by atoms with van der Waals surface area (Å²) in [6, 6.07) is 7.88. The molecule has 116 valence electrons. The monoisotopic (exact) mass is 338 g/mol. The van der Waals surface area contributed by atoms with Crippen LogP contribution in [0.15, 0.2) is 30.3 Å². The van der Waals surface area contributed by atoms with Gasteiger partial charge in [0.15, 0.2) is 5.11 Å². The smallest absolute Gasteiger partial charge is 0.350 e. The topological polar surface area (TPSA) is 50.4 Å². The summed E-state index contributed by atoms with van der Waals surface area (Å²) in [6.45, 7) is 2.04. The molecule has 4 nitrogen and oxygen atoms in total. The Labute approximate surface area is 137 Å². The van der Waals surface area contributed by atoms with Crippen molar-refractivity contribution in [1.82, 2.24) is 5.32 Å². The maximum absolute atomic E-state index is 13.0. The highest BCUT2D eigenvalue weighted by Crippen LogP contribution is 2.35. The molecule has 1 aromatic heterocycles. The molecule has 0 saturated heterocycles. The van der Waals surface area contributed by atoms with Gasteiger partial charge in [0.2, 0.25) is 0 Å². The zero-order chi connectivity index (χ0) is 16.1. The first kappa shape index (κ1) is 16.4. The van der Waals surface area contributed by atoms with Gasteiger partial charge >= 0.3 is 5.97 Å². The number of hydrogen-bond acceptors (Lipinski definition) is 4. The Kier molecular flexibility index (Phi) is 5.46. The van der Waals surface area contributed by atoms with E-state index in [1.54, 1.807) is 32.2 Å². The normalized spacial score (nSPS) is 10.1. The van der Waals surface area contributed by atoms with E-state index in [0.717, 1.165) is 10.4 Å². The Morgan fingerprint density at radius 2 is 2.05 bits per heavy atom. The van der Waals surface area contributed by atoms with Gasteiger partial charge in [-0.15, -0.1) is 11.3 Å². The first-order valence-corrected chi connectivity index (χ1v) is 7.83. The Balaban J connectivity index is 2.40. The Morgan fingerprint density at radius 3 is 2.64 bits per heavy atom. The summed E-state index contributed by atoms with van der Waals surface area (Å²) in [5.41, 5.74) is 1.39. The molecule has 0 spiro atoms.